The fraction of sp³-hybridized carbons (Fsp3) is 1.00. The molecule has 0 aromatic carbocycles. The van der Waals surface area contributed by atoms with Crippen molar-refractivity contribution < 1.29 is 4.74 Å². The number of rotatable bonds is 6. The second-order valence-corrected chi connectivity index (χ2v) is 6.19. The third-order valence-electron chi connectivity index (χ3n) is 4.40. The van der Waals surface area contributed by atoms with Gasteiger partial charge in [-0.05, 0) is 33.2 Å². The highest BCUT2D eigenvalue weighted by Crippen LogP contribution is 2.10. The summed E-state index contributed by atoms with van der Waals surface area (Å²) in [6.45, 7) is 13.5. The molecule has 19 heavy (non-hydrogen) atoms. The molecule has 1 N–H and O–H groups in total. The molecule has 2 saturated heterocycles. The van der Waals surface area contributed by atoms with E-state index in [1.165, 1.54) is 45.4 Å². The van der Waals surface area contributed by atoms with E-state index in [0.717, 1.165) is 26.3 Å². The molecule has 2 heterocycles. The molecule has 0 aromatic heterocycles. The lowest BCUT2D eigenvalue weighted by Crippen LogP contribution is -2.49. The molecule has 4 heteroatoms. The van der Waals surface area contributed by atoms with Crippen LogP contribution in [0.3, 0.4) is 0 Å². The van der Waals surface area contributed by atoms with Crippen LogP contribution in [0.25, 0.3) is 0 Å². The van der Waals surface area contributed by atoms with Gasteiger partial charge in [0.05, 0.1) is 13.2 Å². The van der Waals surface area contributed by atoms with E-state index in [1.54, 1.807) is 0 Å². The van der Waals surface area contributed by atoms with Crippen molar-refractivity contribution in [3.05, 3.63) is 0 Å². The lowest BCUT2D eigenvalue weighted by Gasteiger charge is -2.35. The number of ether oxygens (including phenoxy) is 1. The van der Waals surface area contributed by atoms with Crippen LogP contribution in [0.5, 0.6) is 0 Å². The number of hydrogen-bond acceptors (Lipinski definition) is 4. The van der Waals surface area contributed by atoms with Crippen molar-refractivity contribution in [2.75, 3.05) is 52.5 Å². The first-order valence-electron chi connectivity index (χ1n) is 8.03. The SMILES string of the molecule is CC(C)N(CCN1CCOCC1)CC1CCCCN1. The maximum absolute atomic E-state index is 5.41. The molecule has 2 fully saturated rings. The van der Waals surface area contributed by atoms with Gasteiger partial charge in [-0.3, -0.25) is 9.80 Å². The summed E-state index contributed by atoms with van der Waals surface area (Å²) in [5.41, 5.74) is 0. The molecule has 0 spiro atoms. The Morgan fingerprint density at radius 3 is 2.68 bits per heavy atom. The fourth-order valence-corrected chi connectivity index (χ4v) is 3.02. The quantitative estimate of drug-likeness (QED) is 0.783. The van der Waals surface area contributed by atoms with Crippen LogP contribution in [0.15, 0.2) is 0 Å². The summed E-state index contributed by atoms with van der Waals surface area (Å²) in [5.74, 6) is 0. The zero-order valence-electron chi connectivity index (χ0n) is 12.7. The number of nitrogens with zero attached hydrogens (tertiary/aromatic N) is 2. The Bertz CT molecular complexity index is 236. The van der Waals surface area contributed by atoms with Gasteiger partial charge in [0.15, 0.2) is 0 Å². The van der Waals surface area contributed by atoms with Crippen LogP contribution in [0.4, 0.5) is 0 Å². The van der Waals surface area contributed by atoms with Gasteiger partial charge in [0.2, 0.25) is 0 Å². The molecule has 0 saturated carbocycles. The van der Waals surface area contributed by atoms with Gasteiger partial charge in [-0.1, -0.05) is 6.42 Å². The first kappa shape index (κ1) is 15.2. The maximum atomic E-state index is 5.41. The summed E-state index contributed by atoms with van der Waals surface area (Å²) in [6.07, 6.45) is 4.10. The van der Waals surface area contributed by atoms with Gasteiger partial charge in [-0.2, -0.15) is 0 Å². The molecule has 0 bridgehead atoms. The van der Waals surface area contributed by atoms with Gasteiger partial charge in [0.1, 0.15) is 0 Å². The summed E-state index contributed by atoms with van der Waals surface area (Å²) in [5, 5.41) is 3.67. The van der Waals surface area contributed by atoms with Gasteiger partial charge in [-0.25, -0.2) is 0 Å². The highest BCUT2D eigenvalue weighted by Gasteiger charge is 2.19. The lowest BCUT2D eigenvalue weighted by molar-refractivity contribution is 0.0308. The molecule has 1 atom stereocenters. The molecular formula is C15H31N3O. The largest absolute Gasteiger partial charge is 0.379 e. The molecule has 0 amide bonds. The van der Waals surface area contributed by atoms with E-state index in [2.05, 4.69) is 29.0 Å². The van der Waals surface area contributed by atoms with Gasteiger partial charge in [0, 0.05) is 44.8 Å². The molecular weight excluding hydrogens is 238 g/mol. The van der Waals surface area contributed by atoms with Crippen molar-refractivity contribution in [1.82, 2.24) is 15.1 Å². The normalized spacial score (nSPS) is 26.2. The van der Waals surface area contributed by atoms with E-state index in [9.17, 15) is 0 Å². The van der Waals surface area contributed by atoms with E-state index in [4.69, 9.17) is 4.74 Å². The Labute approximate surface area is 118 Å². The summed E-state index contributed by atoms with van der Waals surface area (Å²) < 4.78 is 5.41. The average molecular weight is 269 g/mol. The number of nitrogens with one attached hydrogen (secondary N) is 1. The highest BCUT2D eigenvalue weighted by molar-refractivity contribution is 4.78. The van der Waals surface area contributed by atoms with Crippen LogP contribution in [-0.4, -0.2) is 74.4 Å². The Balaban J connectivity index is 1.71. The van der Waals surface area contributed by atoms with Gasteiger partial charge in [-0.15, -0.1) is 0 Å². The van der Waals surface area contributed by atoms with Crippen LogP contribution in [0, 0.1) is 0 Å². The molecule has 0 aliphatic carbocycles. The number of piperidine rings is 1. The Morgan fingerprint density at radius 2 is 2.05 bits per heavy atom. The summed E-state index contributed by atoms with van der Waals surface area (Å²) in [4.78, 5) is 5.17. The first-order valence-corrected chi connectivity index (χ1v) is 8.03. The van der Waals surface area contributed by atoms with E-state index < -0.39 is 0 Å². The lowest BCUT2D eigenvalue weighted by atomic mass is 10.0. The standard InChI is InChI=1S/C15H31N3O/c1-14(2)18(13-15-5-3-4-6-16-15)8-7-17-9-11-19-12-10-17/h14-16H,3-13H2,1-2H3. The van der Waals surface area contributed by atoms with E-state index in [0.29, 0.717) is 12.1 Å². The average Bonchev–Trinajstić information content (AvgIpc) is 2.45. The molecule has 2 aliphatic heterocycles. The minimum Gasteiger partial charge on any atom is -0.379 e. The van der Waals surface area contributed by atoms with Crippen LogP contribution in [-0.2, 0) is 4.74 Å². The van der Waals surface area contributed by atoms with Crippen molar-refractivity contribution in [1.29, 1.82) is 0 Å². The van der Waals surface area contributed by atoms with Crippen LogP contribution >= 0.6 is 0 Å². The fourth-order valence-electron chi connectivity index (χ4n) is 3.02. The van der Waals surface area contributed by atoms with Gasteiger partial charge >= 0.3 is 0 Å². The van der Waals surface area contributed by atoms with Gasteiger partial charge < -0.3 is 10.1 Å². The first-order chi connectivity index (χ1) is 9.25. The number of morpholine rings is 1. The zero-order chi connectivity index (χ0) is 13.5. The van der Waals surface area contributed by atoms with E-state index in [1.807, 2.05) is 0 Å². The minimum absolute atomic E-state index is 0.643. The van der Waals surface area contributed by atoms with Crippen LogP contribution < -0.4 is 5.32 Å². The van der Waals surface area contributed by atoms with E-state index in [-0.39, 0.29) is 0 Å². The number of hydrogen-bond donors (Lipinski definition) is 1. The zero-order valence-corrected chi connectivity index (χ0v) is 12.7. The Morgan fingerprint density at radius 1 is 1.26 bits per heavy atom. The van der Waals surface area contributed by atoms with Crippen LogP contribution in [0.1, 0.15) is 33.1 Å². The summed E-state index contributed by atoms with van der Waals surface area (Å²) >= 11 is 0. The molecule has 2 aliphatic rings. The second kappa shape index (κ2) is 8.20. The maximum Gasteiger partial charge on any atom is 0.0594 e. The topological polar surface area (TPSA) is 27.7 Å². The monoisotopic (exact) mass is 269 g/mol. The van der Waals surface area contributed by atoms with Crippen molar-refractivity contribution >= 4 is 0 Å². The molecule has 2 rings (SSSR count). The molecule has 1 unspecified atom stereocenters. The second-order valence-electron chi connectivity index (χ2n) is 6.19. The third kappa shape index (κ3) is 5.38. The summed E-state index contributed by atoms with van der Waals surface area (Å²) in [7, 11) is 0. The molecule has 0 aromatic rings. The Kier molecular flexibility index (Phi) is 6.57. The van der Waals surface area contributed by atoms with Gasteiger partial charge in [0.25, 0.3) is 0 Å². The molecule has 112 valence electrons. The highest BCUT2D eigenvalue weighted by atomic mass is 16.5. The van der Waals surface area contributed by atoms with Crippen molar-refractivity contribution in [3.8, 4) is 0 Å². The minimum atomic E-state index is 0.643. The predicted molar refractivity (Wildman–Crippen MR) is 79.6 cm³/mol. The smallest absolute Gasteiger partial charge is 0.0594 e. The van der Waals surface area contributed by atoms with Crippen LogP contribution in [0.2, 0.25) is 0 Å². The summed E-state index contributed by atoms with van der Waals surface area (Å²) in [6, 6.07) is 1.35. The molecule has 0 radical (unpaired) electrons. The predicted octanol–water partition coefficient (Wildman–Crippen LogP) is 1.17. The van der Waals surface area contributed by atoms with Crippen molar-refractivity contribution in [2.45, 2.75) is 45.2 Å². The van der Waals surface area contributed by atoms with Crippen molar-refractivity contribution in [3.63, 3.8) is 0 Å². The van der Waals surface area contributed by atoms with Crippen molar-refractivity contribution in [2.24, 2.45) is 0 Å². The molecule has 4 nitrogen and oxygen atoms in total. The Hall–Kier alpha value is -0.160. The third-order valence-corrected chi connectivity index (χ3v) is 4.40. The van der Waals surface area contributed by atoms with E-state index >= 15 is 0 Å².